The second-order valence-corrected chi connectivity index (χ2v) is 7.69. The number of rotatable bonds is 2. The highest BCUT2D eigenvalue weighted by atomic mass is 79.9. The fourth-order valence-electron chi connectivity index (χ4n) is 2.47. The summed E-state index contributed by atoms with van der Waals surface area (Å²) in [5.41, 5.74) is 8.04. The van der Waals surface area contributed by atoms with Crippen LogP contribution in [0.5, 0.6) is 0 Å². The average Bonchev–Trinajstić information content (AvgIpc) is 2.46. The first-order valence-electron chi connectivity index (χ1n) is 6.50. The molecule has 0 amide bonds. The lowest BCUT2D eigenvalue weighted by molar-refractivity contribution is 0.586. The van der Waals surface area contributed by atoms with Crippen LogP contribution in [0.1, 0.15) is 12.0 Å². The lowest BCUT2D eigenvalue weighted by atomic mass is 10.0. The number of sulfonamides is 1. The van der Waals surface area contributed by atoms with Crippen LogP contribution in [0.2, 0.25) is 0 Å². The number of pyridine rings is 1. The van der Waals surface area contributed by atoms with Gasteiger partial charge >= 0.3 is 0 Å². The molecule has 2 N–H and O–H groups in total. The number of aryl methyl sites for hydroxylation is 1. The van der Waals surface area contributed by atoms with Crippen LogP contribution in [0.15, 0.2) is 46.0 Å². The first-order chi connectivity index (χ1) is 9.98. The van der Waals surface area contributed by atoms with E-state index >= 15 is 0 Å². The van der Waals surface area contributed by atoms with Crippen LogP contribution < -0.4 is 10.0 Å². The summed E-state index contributed by atoms with van der Waals surface area (Å²) < 4.78 is 27.7. The number of hydrogen-bond acceptors (Lipinski definition) is 4. The van der Waals surface area contributed by atoms with Crippen LogP contribution in [0.25, 0.3) is 0 Å². The summed E-state index contributed by atoms with van der Waals surface area (Å²) in [7, 11) is -3.63. The van der Waals surface area contributed by atoms with Crippen molar-refractivity contribution in [1.82, 2.24) is 4.98 Å². The van der Waals surface area contributed by atoms with Gasteiger partial charge in [0.25, 0.3) is 10.0 Å². The molecule has 0 atom stereocenters. The molecule has 2 heterocycles. The molecule has 0 fully saturated rings. The van der Waals surface area contributed by atoms with Crippen LogP contribution >= 0.6 is 15.9 Å². The molecule has 110 valence electrons. The van der Waals surface area contributed by atoms with Crippen molar-refractivity contribution in [1.29, 1.82) is 0 Å². The van der Waals surface area contributed by atoms with E-state index in [4.69, 9.17) is 5.73 Å². The van der Waals surface area contributed by atoms with E-state index < -0.39 is 10.0 Å². The summed E-state index contributed by atoms with van der Waals surface area (Å²) in [6.07, 6.45) is 4.57. The van der Waals surface area contributed by atoms with Gasteiger partial charge in [0.1, 0.15) is 4.90 Å². The van der Waals surface area contributed by atoms with Gasteiger partial charge < -0.3 is 5.73 Å². The third-order valence-electron chi connectivity index (χ3n) is 3.45. The highest BCUT2D eigenvalue weighted by molar-refractivity contribution is 9.10. The molecule has 1 aliphatic rings. The monoisotopic (exact) mass is 367 g/mol. The zero-order chi connectivity index (χ0) is 15.0. The van der Waals surface area contributed by atoms with Crippen LogP contribution in [0.4, 0.5) is 11.4 Å². The number of benzene rings is 1. The zero-order valence-corrected chi connectivity index (χ0v) is 13.6. The molecule has 7 heteroatoms. The molecule has 0 radical (unpaired) electrons. The largest absolute Gasteiger partial charge is 0.399 e. The maximum Gasteiger partial charge on any atom is 0.265 e. The Labute approximate surface area is 132 Å². The Morgan fingerprint density at radius 3 is 2.81 bits per heavy atom. The molecule has 2 aromatic rings. The molecule has 0 aliphatic carbocycles. The summed E-state index contributed by atoms with van der Waals surface area (Å²) in [6, 6.07) is 6.97. The lowest BCUT2D eigenvalue weighted by Crippen LogP contribution is -2.35. The third kappa shape index (κ3) is 2.63. The van der Waals surface area contributed by atoms with Crippen molar-refractivity contribution >= 4 is 37.3 Å². The molecule has 1 aromatic heterocycles. The third-order valence-corrected chi connectivity index (χ3v) is 5.67. The Morgan fingerprint density at radius 1 is 1.24 bits per heavy atom. The van der Waals surface area contributed by atoms with Gasteiger partial charge in [-0.25, -0.2) is 8.42 Å². The van der Waals surface area contributed by atoms with Gasteiger partial charge in [0.2, 0.25) is 0 Å². The normalized spacial score (nSPS) is 14.8. The van der Waals surface area contributed by atoms with Crippen molar-refractivity contribution in [3.8, 4) is 0 Å². The fourth-order valence-corrected chi connectivity index (χ4v) is 4.51. The molecular weight excluding hydrogens is 354 g/mol. The minimum atomic E-state index is -3.63. The number of nitrogens with zero attached hydrogens (tertiary/aromatic N) is 2. The van der Waals surface area contributed by atoms with E-state index in [1.807, 2.05) is 6.07 Å². The minimum absolute atomic E-state index is 0.173. The molecule has 0 spiro atoms. The number of hydrogen-bond donors (Lipinski definition) is 1. The predicted molar refractivity (Wildman–Crippen MR) is 85.6 cm³/mol. The Kier molecular flexibility index (Phi) is 3.62. The first kappa shape index (κ1) is 14.3. The number of nitrogens with two attached hydrogens (primary N) is 1. The molecule has 21 heavy (non-hydrogen) atoms. The van der Waals surface area contributed by atoms with Gasteiger partial charge in [0, 0.05) is 29.1 Å². The number of halogens is 1. The Bertz CT molecular complexity index is 793. The van der Waals surface area contributed by atoms with Crippen LogP contribution in [-0.4, -0.2) is 19.9 Å². The fraction of sp³-hybridized carbons (Fsp3) is 0.214. The van der Waals surface area contributed by atoms with E-state index in [0.29, 0.717) is 22.4 Å². The zero-order valence-electron chi connectivity index (χ0n) is 11.2. The van der Waals surface area contributed by atoms with Gasteiger partial charge in [-0.15, -0.1) is 0 Å². The second kappa shape index (κ2) is 5.31. The minimum Gasteiger partial charge on any atom is -0.399 e. The molecule has 0 saturated carbocycles. The van der Waals surface area contributed by atoms with Crippen molar-refractivity contribution in [2.24, 2.45) is 0 Å². The lowest BCUT2D eigenvalue weighted by Gasteiger charge is -2.30. The Hall–Kier alpha value is -1.60. The molecular formula is C14H14BrN3O2S. The van der Waals surface area contributed by atoms with Crippen molar-refractivity contribution in [3.63, 3.8) is 0 Å². The van der Waals surface area contributed by atoms with Gasteiger partial charge in [0.05, 0.1) is 5.69 Å². The van der Waals surface area contributed by atoms with Crippen LogP contribution in [-0.2, 0) is 16.4 Å². The standard InChI is InChI=1S/C14H14BrN3O2S/c15-11-6-13(9-17-8-11)21(19,20)18-5-1-2-10-3-4-12(16)7-14(10)18/h3-4,6-9H,1-2,5,16H2. The van der Waals surface area contributed by atoms with E-state index in [2.05, 4.69) is 20.9 Å². The van der Waals surface area contributed by atoms with Gasteiger partial charge in [-0.1, -0.05) is 6.07 Å². The van der Waals surface area contributed by atoms with Crippen molar-refractivity contribution in [3.05, 3.63) is 46.7 Å². The second-order valence-electron chi connectivity index (χ2n) is 4.91. The average molecular weight is 368 g/mol. The molecule has 0 saturated heterocycles. The van der Waals surface area contributed by atoms with Crippen molar-refractivity contribution < 1.29 is 8.42 Å². The number of fused-ring (bicyclic) bond motifs is 1. The molecule has 1 aliphatic heterocycles. The van der Waals surface area contributed by atoms with Gasteiger partial charge in [-0.05, 0) is 52.5 Å². The summed E-state index contributed by atoms with van der Waals surface area (Å²) in [5.74, 6) is 0. The summed E-state index contributed by atoms with van der Waals surface area (Å²) in [4.78, 5) is 4.11. The van der Waals surface area contributed by atoms with Crippen LogP contribution in [0, 0.1) is 0 Å². The van der Waals surface area contributed by atoms with E-state index in [0.717, 1.165) is 18.4 Å². The predicted octanol–water partition coefficient (Wildman–Crippen LogP) is 2.57. The number of aromatic nitrogens is 1. The smallest absolute Gasteiger partial charge is 0.265 e. The van der Waals surface area contributed by atoms with E-state index in [-0.39, 0.29) is 4.90 Å². The molecule has 1 aromatic carbocycles. The first-order valence-corrected chi connectivity index (χ1v) is 8.73. The topological polar surface area (TPSA) is 76.3 Å². The highest BCUT2D eigenvalue weighted by Crippen LogP contribution is 2.33. The maximum absolute atomic E-state index is 12.8. The maximum atomic E-state index is 12.8. The molecule has 5 nitrogen and oxygen atoms in total. The Balaban J connectivity index is 2.11. The molecule has 0 unspecified atom stereocenters. The summed E-state index contributed by atoms with van der Waals surface area (Å²) in [5, 5.41) is 0. The number of nitrogen functional groups attached to an aromatic ring is 1. The summed E-state index contributed by atoms with van der Waals surface area (Å²) >= 11 is 3.26. The number of anilines is 2. The quantitative estimate of drug-likeness (QED) is 0.827. The van der Waals surface area contributed by atoms with E-state index in [1.165, 1.54) is 10.5 Å². The molecule has 0 bridgehead atoms. The van der Waals surface area contributed by atoms with Gasteiger partial charge in [0.15, 0.2) is 0 Å². The SMILES string of the molecule is Nc1ccc2c(c1)N(S(=O)(=O)c1cncc(Br)c1)CCC2. The highest BCUT2D eigenvalue weighted by Gasteiger charge is 2.29. The van der Waals surface area contributed by atoms with Gasteiger partial charge in [-0.2, -0.15) is 0 Å². The van der Waals surface area contributed by atoms with E-state index in [9.17, 15) is 8.42 Å². The van der Waals surface area contributed by atoms with Gasteiger partial charge in [-0.3, -0.25) is 9.29 Å². The van der Waals surface area contributed by atoms with E-state index in [1.54, 1.807) is 24.4 Å². The Morgan fingerprint density at radius 2 is 2.05 bits per heavy atom. The molecule has 3 rings (SSSR count). The van der Waals surface area contributed by atoms with Crippen molar-refractivity contribution in [2.45, 2.75) is 17.7 Å². The summed E-state index contributed by atoms with van der Waals surface area (Å²) in [6.45, 7) is 0.450. The van der Waals surface area contributed by atoms with Crippen molar-refractivity contribution in [2.75, 3.05) is 16.6 Å². The van der Waals surface area contributed by atoms with Crippen LogP contribution in [0.3, 0.4) is 0 Å².